The van der Waals surface area contributed by atoms with E-state index in [4.69, 9.17) is 4.74 Å². The van der Waals surface area contributed by atoms with Crippen LogP contribution in [0.25, 0.3) is 6.08 Å². The van der Waals surface area contributed by atoms with E-state index in [2.05, 4.69) is 4.74 Å². The summed E-state index contributed by atoms with van der Waals surface area (Å²) >= 11 is 0. The van der Waals surface area contributed by atoms with Crippen LogP contribution in [-0.2, 0) is 16.6 Å². The van der Waals surface area contributed by atoms with Gasteiger partial charge in [-0.1, -0.05) is 12.1 Å². The number of Topliss-reactive ketones (excluding diaryl/α,β-unsaturated/α-hetero) is 1. The van der Waals surface area contributed by atoms with E-state index < -0.39 is 18.9 Å². The number of carbonyl (C=O) groups excluding carboxylic acids is 2. The molecule has 144 valence electrons. The van der Waals surface area contributed by atoms with E-state index in [9.17, 15) is 22.8 Å². The summed E-state index contributed by atoms with van der Waals surface area (Å²) in [5.74, 6) is -1.41. The lowest BCUT2D eigenvalue weighted by atomic mass is 10.1. The molecule has 8 heteroatoms. The van der Waals surface area contributed by atoms with Crippen LogP contribution >= 0.6 is 0 Å². The van der Waals surface area contributed by atoms with E-state index in [0.29, 0.717) is 11.1 Å². The zero-order valence-electron chi connectivity index (χ0n) is 15.0. The third-order valence-electron chi connectivity index (χ3n) is 3.95. The zero-order valence-corrected chi connectivity index (χ0v) is 15.0. The van der Waals surface area contributed by atoms with Gasteiger partial charge in [0.05, 0.1) is 0 Å². The number of hydrogen-bond acceptors (Lipinski definition) is 4. The number of carbonyl (C=O) groups is 2. The highest BCUT2D eigenvalue weighted by atomic mass is 19.4. The fourth-order valence-electron chi connectivity index (χ4n) is 2.35. The van der Waals surface area contributed by atoms with Crippen molar-refractivity contribution in [2.75, 3.05) is 6.61 Å². The minimum Gasteiger partial charge on any atom is -0.454 e. The summed E-state index contributed by atoms with van der Waals surface area (Å²) in [6, 6.07) is 6.69. The number of benzene rings is 1. The molecule has 0 aliphatic rings. The van der Waals surface area contributed by atoms with Gasteiger partial charge < -0.3 is 14.0 Å². The molecule has 0 N–H and O–H groups in total. The minimum absolute atomic E-state index is 0.313. The first kappa shape index (κ1) is 20.3. The highest BCUT2D eigenvalue weighted by molar-refractivity contribution is 6.00. The van der Waals surface area contributed by atoms with E-state index in [1.54, 1.807) is 13.0 Å². The van der Waals surface area contributed by atoms with Gasteiger partial charge in [0.15, 0.2) is 6.61 Å². The van der Waals surface area contributed by atoms with E-state index >= 15 is 0 Å². The molecular formula is C19H18F3NO4. The molecular weight excluding hydrogens is 363 g/mol. The number of nitrogens with zero attached hydrogens (tertiary/aromatic N) is 1. The Kier molecular flexibility index (Phi) is 6.09. The topological polar surface area (TPSA) is 57.5 Å². The monoisotopic (exact) mass is 381 g/mol. The van der Waals surface area contributed by atoms with Crippen LogP contribution in [0.2, 0.25) is 0 Å². The number of esters is 1. The third-order valence-corrected chi connectivity index (χ3v) is 3.95. The third kappa shape index (κ3) is 5.73. The SMILES string of the molecule is Cc1cc(C(=O)COC(=O)/C=C/c2ccc(OC(F)(F)F)cc2)c(C)n1C. The number of aryl methyl sites for hydroxylation is 1. The zero-order chi connectivity index (χ0) is 20.2. The largest absolute Gasteiger partial charge is 0.573 e. The second-order valence-corrected chi connectivity index (χ2v) is 5.82. The molecule has 2 aromatic rings. The minimum atomic E-state index is -4.76. The second-order valence-electron chi connectivity index (χ2n) is 5.82. The van der Waals surface area contributed by atoms with Crippen molar-refractivity contribution in [3.8, 4) is 5.75 Å². The predicted octanol–water partition coefficient (Wildman–Crippen LogP) is 3.98. The van der Waals surface area contributed by atoms with Crippen LogP contribution in [0.4, 0.5) is 13.2 Å². The van der Waals surface area contributed by atoms with Gasteiger partial charge in [-0.05, 0) is 43.7 Å². The molecule has 1 aromatic heterocycles. The molecule has 1 heterocycles. The highest BCUT2D eigenvalue weighted by Gasteiger charge is 2.30. The van der Waals surface area contributed by atoms with Gasteiger partial charge in [0, 0.05) is 30.1 Å². The Morgan fingerprint density at radius 1 is 1.15 bits per heavy atom. The molecule has 5 nitrogen and oxygen atoms in total. The maximum absolute atomic E-state index is 12.1. The smallest absolute Gasteiger partial charge is 0.454 e. The number of halogens is 3. The van der Waals surface area contributed by atoms with Gasteiger partial charge in [0.25, 0.3) is 0 Å². The van der Waals surface area contributed by atoms with Crippen LogP contribution in [0, 0.1) is 13.8 Å². The van der Waals surface area contributed by atoms with Crippen LogP contribution < -0.4 is 4.74 Å². The Balaban J connectivity index is 1.89. The maximum atomic E-state index is 12.1. The van der Waals surface area contributed by atoms with Crippen LogP contribution in [0.15, 0.2) is 36.4 Å². The van der Waals surface area contributed by atoms with Gasteiger partial charge in [-0.3, -0.25) is 4.79 Å². The molecule has 0 fully saturated rings. The Hall–Kier alpha value is -3.03. The van der Waals surface area contributed by atoms with Crippen LogP contribution in [0.5, 0.6) is 5.75 Å². The number of ether oxygens (including phenoxy) is 2. The molecule has 0 bridgehead atoms. The lowest BCUT2D eigenvalue weighted by molar-refractivity contribution is -0.274. The molecule has 0 unspecified atom stereocenters. The van der Waals surface area contributed by atoms with Crippen molar-refractivity contribution < 1.29 is 32.2 Å². The average Bonchev–Trinajstić information content (AvgIpc) is 2.85. The molecule has 0 saturated heterocycles. The normalized spacial score (nSPS) is 11.6. The fraction of sp³-hybridized carbons (Fsp3) is 0.263. The van der Waals surface area contributed by atoms with Gasteiger partial charge in [-0.2, -0.15) is 0 Å². The quantitative estimate of drug-likeness (QED) is 0.432. The molecule has 0 radical (unpaired) electrons. The summed E-state index contributed by atoms with van der Waals surface area (Å²) < 4.78 is 46.8. The lowest BCUT2D eigenvalue weighted by Crippen LogP contribution is -2.16. The van der Waals surface area contributed by atoms with Crippen molar-refractivity contribution in [2.24, 2.45) is 7.05 Å². The molecule has 0 saturated carbocycles. The Labute approximate surface area is 154 Å². The number of aromatic nitrogens is 1. The number of hydrogen-bond donors (Lipinski definition) is 0. The van der Waals surface area contributed by atoms with Crippen molar-refractivity contribution in [3.63, 3.8) is 0 Å². The van der Waals surface area contributed by atoms with Crippen LogP contribution in [-0.4, -0.2) is 29.3 Å². The first-order valence-electron chi connectivity index (χ1n) is 7.93. The number of rotatable bonds is 6. The van der Waals surface area contributed by atoms with E-state index in [-0.39, 0.29) is 11.5 Å². The van der Waals surface area contributed by atoms with Crippen molar-refractivity contribution in [3.05, 3.63) is 58.9 Å². The summed E-state index contributed by atoms with van der Waals surface area (Å²) in [6.45, 7) is 3.27. The van der Waals surface area contributed by atoms with Gasteiger partial charge in [0.1, 0.15) is 5.75 Å². The standard InChI is InChI=1S/C19H18F3NO4/c1-12-10-16(13(2)23(12)3)17(24)11-26-18(25)9-6-14-4-7-15(8-5-14)27-19(20,21)22/h4-10H,11H2,1-3H3/b9-6+. The fourth-order valence-corrected chi connectivity index (χ4v) is 2.35. The summed E-state index contributed by atoms with van der Waals surface area (Å²) in [5, 5.41) is 0. The van der Waals surface area contributed by atoms with Crippen molar-refractivity contribution in [2.45, 2.75) is 20.2 Å². The average molecular weight is 381 g/mol. The van der Waals surface area contributed by atoms with Crippen molar-refractivity contribution >= 4 is 17.8 Å². The first-order valence-corrected chi connectivity index (χ1v) is 7.93. The molecule has 0 amide bonds. The lowest BCUT2D eigenvalue weighted by Gasteiger charge is -2.08. The maximum Gasteiger partial charge on any atom is 0.573 e. The van der Waals surface area contributed by atoms with Gasteiger partial charge in [-0.25, -0.2) is 4.79 Å². The molecule has 0 atom stereocenters. The van der Waals surface area contributed by atoms with Gasteiger partial charge in [-0.15, -0.1) is 13.2 Å². The molecule has 0 aliphatic carbocycles. The molecule has 0 spiro atoms. The second kappa shape index (κ2) is 8.11. The Morgan fingerprint density at radius 2 is 1.78 bits per heavy atom. The Morgan fingerprint density at radius 3 is 2.30 bits per heavy atom. The summed E-state index contributed by atoms with van der Waals surface area (Å²) in [4.78, 5) is 23.9. The van der Waals surface area contributed by atoms with Gasteiger partial charge in [0.2, 0.25) is 5.78 Å². The Bertz CT molecular complexity index is 864. The van der Waals surface area contributed by atoms with E-state index in [1.165, 1.54) is 18.2 Å². The predicted molar refractivity (Wildman–Crippen MR) is 92.3 cm³/mol. The highest BCUT2D eigenvalue weighted by Crippen LogP contribution is 2.23. The first-order chi connectivity index (χ1) is 12.6. The van der Waals surface area contributed by atoms with Crippen molar-refractivity contribution in [1.29, 1.82) is 0 Å². The molecule has 0 aliphatic heterocycles. The molecule has 1 aromatic carbocycles. The molecule has 27 heavy (non-hydrogen) atoms. The van der Waals surface area contributed by atoms with Crippen molar-refractivity contribution in [1.82, 2.24) is 4.57 Å². The summed E-state index contributed by atoms with van der Waals surface area (Å²) in [7, 11) is 1.83. The summed E-state index contributed by atoms with van der Waals surface area (Å²) in [6.07, 6.45) is -2.30. The van der Waals surface area contributed by atoms with Crippen LogP contribution in [0.3, 0.4) is 0 Å². The summed E-state index contributed by atoms with van der Waals surface area (Å²) in [5.41, 5.74) is 2.67. The number of ketones is 1. The molecule has 2 rings (SSSR count). The van der Waals surface area contributed by atoms with E-state index in [0.717, 1.165) is 29.6 Å². The van der Waals surface area contributed by atoms with Gasteiger partial charge >= 0.3 is 12.3 Å². The van der Waals surface area contributed by atoms with Crippen LogP contribution in [0.1, 0.15) is 27.3 Å². The number of alkyl halides is 3. The van der Waals surface area contributed by atoms with E-state index in [1.807, 2.05) is 18.5 Å².